The summed E-state index contributed by atoms with van der Waals surface area (Å²) in [4.78, 5) is 26.0. The van der Waals surface area contributed by atoms with Crippen molar-refractivity contribution in [3.63, 3.8) is 0 Å². The monoisotopic (exact) mass is 316 g/mol. The van der Waals surface area contributed by atoms with Crippen molar-refractivity contribution in [2.75, 3.05) is 11.9 Å². The summed E-state index contributed by atoms with van der Waals surface area (Å²) in [7, 11) is 0. The van der Waals surface area contributed by atoms with Crippen LogP contribution in [0.25, 0.3) is 0 Å². The number of aryl methyl sites for hydroxylation is 2. The molecule has 0 spiro atoms. The van der Waals surface area contributed by atoms with Crippen LogP contribution in [0.2, 0.25) is 0 Å². The number of anilines is 1. The van der Waals surface area contributed by atoms with E-state index in [1.807, 2.05) is 19.3 Å². The van der Waals surface area contributed by atoms with Crippen LogP contribution in [-0.4, -0.2) is 23.7 Å². The van der Waals surface area contributed by atoms with Gasteiger partial charge in [0, 0.05) is 10.2 Å². The third-order valence-electron chi connectivity index (χ3n) is 2.05. The van der Waals surface area contributed by atoms with Crippen molar-refractivity contribution in [2.24, 2.45) is 0 Å². The molecule has 0 bridgehead atoms. The molecule has 0 aliphatic carbocycles. The summed E-state index contributed by atoms with van der Waals surface area (Å²) in [6.45, 7) is 3.22. The average Bonchev–Trinajstić information content (AvgIpc) is 2.25. The number of rotatable bonds is 4. The first-order valence-corrected chi connectivity index (χ1v) is 5.86. The molecule has 0 aliphatic heterocycles. The predicted octanol–water partition coefficient (Wildman–Crippen LogP) is 2.20. The number of nitrogens with one attached hydrogen (secondary N) is 2. The SMILES string of the molecule is Cc1cc(NC(=O)NOCC(=O)O)cc(C)c1Br. The summed E-state index contributed by atoms with van der Waals surface area (Å²) in [5.41, 5.74) is 4.54. The average molecular weight is 317 g/mol. The number of urea groups is 1. The molecule has 0 radical (unpaired) electrons. The van der Waals surface area contributed by atoms with Crippen LogP contribution in [-0.2, 0) is 9.63 Å². The summed E-state index contributed by atoms with van der Waals surface area (Å²) in [6, 6.07) is 2.94. The van der Waals surface area contributed by atoms with E-state index in [1.54, 1.807) is 12.1 Å². The van der Waals surface area contributed by atoms with Crippen LogP contribution in [0.5, 0.6) is 0 Å². The second kappa shape index (κ2) is 6.36. The zero-order valence-electron chi connectivity index (χ0n) is 9.91. The standard InChI is InChI=1S/C11H13BrN2O4/c1-6-3-8(4-7(2)10(6)12)13-11(17)14-18-5-9(15)16/h3-4H,5H2,1-2H3,(H,15,16)(H2,13,14,17). The number of carboxylic acids is 1. The predicted molar refractivity (Wildman–Crippen MR) is 69.4 cm³/mol. The molecular formula is C11H13BrN2O4. The lowest BCUT2D eigenvalue weighted by Gasteiger charge is -2.10. The highest BCUT2D eigenvalue weighted by atomic mass is 79.9. The molecule has 0 heterocycles. The minimum atomic E-state index is -1.16. The van der Waals surface area contributed by atoms with Crippen molar-refractivity contribution in [1.82, 2.24) is 5.48 Å². The highest BCUT2D eigenvalue weighted by molar-refractivity contribution is 9.10. The number of carbonyl (C=O) groups excluding carboxylic acids is 1. The molecular weight excluding hydrogens is 304 g/mol. The van der Waals surface area contributed by atoms with Crippen LogP contribution in [0.3, 0.4) is 0 Å². The van der Waals surface area contributed by atoms with Gasteiger partial charge in [0.15, 0.2) is 6.61 Å². The number of carbonyl (C=O) groups is 2. The van der Waals surface area contributed by atoms with E-state index in [2.05, 4.69) is 26.1 Å². The number of aliphatic carboxylic acids is 1. The van der Waals surface area contributed by atoms with Crippen molar-refractivity contribution >= 4 is 33.6 Å². The molecule has 0 unspecified atom stereocenters. The molecule has 0 aromatic heterocycles. The van der Waals surface area contributed by atoms with Crippen LogP contribution in [0.1, 0.15) is 11.1 Å². The third kappa shape index (κ3) is 4.34. The van der Waals surface area contributed by atoms with Crippen LogP contribution in [0, 0.1) is 13.8 Å². The number of hydrogen-bond donors (Lipinski definition) is 3. The number of halogens is 1. The lowest BCUT2D eigenvalue weighted by Crippen LogP contribution is -2.30. The molecule has 2 amide bonds. The second-order valence-corrected chi connectivity index (χ2v) is 4.46. The van der Waals surface area contributed by atoms with Gasteiger partial charge in [-0.3, -0.25) is 4.84 Å². The van der Waals surface area contributed by atoms with E-state index in [4.69, 9.17) is 5.11 Å². The number of benzene rings is 1. The molecule has 1 rings (SSSR count). The smallest absolute Gasteiger partial charge is 0.343 e. The summed E-state index contributed by atoms with van der Waals surface area (Å²) < 4.78 is 0.982. The van der Waals surface area contributed by atoms with Crippen molar-refractivity contribution in [3.8, 4) is 0 Å². The maximum atomic E-state index is 11.3. The fourth-order valence-electron chi connectivity index (χ4n) is 1.34. The van der Waals surface area contributed by atoms with Crippen molar-refractivity contribution < 1.29 is 19.5 Å². The minimum Gasteiger partial charge on any atom is -0.479 e. The summed E-state index contributed by atoms with van der Waals surface area (Å²) >= 11 is 3.42. The van der Waals surface area contributed by atoms with Gasteiger partial charge in [-0.1, -0.05) is 15.9 Å². The summed E-state index contributed by atoms with van der Waals surface area (Å²) in [5, 5.41) is 10.9. The van der Waals surface area contributed by atoms with Crippen molar-refractivity contribution in [2.45, 2.75) is 13.8 Å². The first-order chi connectivity index (χ1) is 8.40. The van der Waals surface area contributed by atoms with Gasteiger partial charge in [-0.05, 0) is 37.1 Å². The van der Waals surface area contributed by atoms with E-state index in [1.165, 1.54) is 0 Å². The fourth-order valence-corrected chi connectivity index (χ4v) is 1.57. The summed E-state index contributed by atoms with van der Waals surface area (Å²) in [6.07, 6.45) is 0. The van der Waals surface area contributed by atoms with Gasteiger partial charge < -0.3 is 10.4 Å². The van der Waals surface area contributed by atoms with Crippen molar-refractivity contribution in [1.29, 1.82) is 0 Å². The molecule has 0 saturated carbocycles. The molecule has 1 aromatic rings. The van der Waals surface area contributed by atoms with Gasteiger partial charge in [0.25, 0.3) is 0 Å². The lowest BCUT2D eigenvalue weighted by atomic mass is 10.1. The van der Waals surface area contributed by atoms with E-state index < -0.39 is 18.6 Å². The van der Waals surface area contributed by atoms with Crippen LogP contribution in [0.15, 0.2) is 16.6 Å². The van der Waals surface area contributed by atoms with Crippen LogP contribution >= 0.6 is 15.9 Å². The largest absolute Gasteiger partial charge is 0.479 e. The van der Waals surface area contributed by atoms with Gasteiger partial charge in [-0.15, -0.1) is 0 Å². The molecule has 0 saturated heterocycles. The van der Waals surface area contributed by atoms with Crippen LogP contribution in [0.4, 0.5) is 10.5 Å². The third-order valence-corrected chi connectivity index (χ3v) is 3.31. The molecule has 6 nitrogen and oxygen atoms in total. The van der Waals surface area contributed by atoms with E-state index >= 15 is 0 Å². The Labute approximate surface area is 112 Å². The second-order valence-electron chi connectivity index (χ2n) is 3.66. The molecule has 1 aromatic carbocycles. The Hall–Kier alpha value is -1.60. The quantitative estimate of drug-likeness (QED) is 0.743. The zero-order valence-corrected chi connectivity index (χ0v) is 11.5. The minimum absolute atomic E-state index is 0.591. The first-order valence-electron chi connectivity index (χ1n) is 5.07. The highest BCUT2D eigenvalue weighted by Gasteiger charge is 2.06. The topological polar surface area (TPSA) is 87.7 Å². The lowest BCUT2D eigenvalue weighted by molar-refractivity contribution is -0.143. The summed E-state index contributed by atoms with van der Waals surface area (Å²) in [5.74, 6) is -1.16. The fraction of sp³-hybridized carbons (Fsp3) is 0.273. The highest BCUT2D eigenvalue weighted by Crippen LogP contribution is 2.24. The molecule has 18 heavy (non-hydrogen) atoms. The van der Waals surface area contributed by atoms with Gasteiger partial charge >= 0.3 is 12.0 Å². The number of carboxylic acid groups (broad SMARTS) is 1. The van der Waals surface area contributed by atoms with Gasteiger partial charge in [0.05, 0.1) is 0 Å². The Morgan fingerprint density at radius 1 is 1.33 bits per heavy atom. The maximum absolute atomic E-state index is 11.3. The molecule has 0 fully saturated rings. The number of amides is 2. The number of hydrogen-bond acceptors (Lipinski definition) is 3. The Morgan fingerprint density at radius 3 is 2.39 bits per heavy atom. The normalized spacial score (nSPS) is 9.94. The maximum Gasteiger partial charge on any atom is 0.343 e. The first kappa shape index (κ1) is 14.5. The Kier molecular flexibility index (Phi) is 5.11. The zero-order chi connectivity index (χ0) is 13.7. The van der Waals surface area contributed by atoms with E-state index in [0.717, 1.165) is 15.6 Å². The Balaban J connectivity index is 2.57. The Morgan fingerprint density at radius 2 is 1.89 bits per heavy atom. The van der Waals surface area contributed by atoms with Gasteiger partial charge in [0.2, 0.25) is 0 Å². The molecule has 0 atom stereocenters. The molecule has 3 N–H and O–H groups in total. The van der Waals surface area contributed by atoms with Gasteiger partial charge in [-0.2, -0.15) is 0 Å². The van der Waals surface area contributed by atoms with Crippen molar-refractivity contribution in [3.05, 3.63) is 27.7 Å². The molecule has 7 heteroatoms. The number of hydroxylamine groups is 1. The van der Waals surface area contributed by atoms with Crippen LogP contribution < -0.4 is 10.8 Å². The molecule has 0 aliphatic rings. The van der Waals surface area contributed by atoms with Gasteiger partial charge in [-0.25, -0.2) is 15.1 Å². The molecule has 98 valence electrons. The van der Waals surface area contributed by atoms with E-state index in [0.29, 0.717) is 5.69 Å². The Bertz CT molecular complexity index is 453. The van der Waals surface area contributed by atoms with E-state index in [-0.39, 0.29) is 0 Å². The van der Waals surface area contributed by atoms with Gasteiger partial charge in [0.1, 0.15) is 0 Å². The van der Waals surface area contributed by atoms with E-state index in [9.17, 15) is 9.59 Å².